The zero-order valence-electron chi connectivity index (χ0n) is 36.8. The Kier molecular flexibility index (Phi) is 15.2. The highest BCUT2D eigenvalue weighted by molar-refractivity contribution is 5.79. The van der Waals surface area contributed by atoms with Crippen LogP contribution in [-0.2, 0) is 48.4 Å². The number of rotatable bonds is 19. The lowest BCUT2D eigenvalue weighted by Crippen LogP contribution is -2.60. The molecule has 1 aliphatic heterocycles. The van der Waals surface area contributed by atoms with Crippen molar-refractivity contribution in [2.45, 2.75) is 62.8 Å². The Bertz CT molecular complexity index is 2320. The van der Waals surface area contributed by atoms with Crippen molar-refractivity contribution in [1.29, 1.82) is 0 Å². The van der Waals surface area contributed by atoms with Crippen LogP contribution in [0.25, 0.3) is 11.1 Å². The molecule has 1 aliphatic carbocycles. The van der Waals surface area contributed by atoms with Gasteiger partial charge in [0.1, 0.15) is 35.9 Å². The largest absolute Gasteiger partial charge is 0.497 e. The summed E-state index contributed by atoms with van der Waals surface area (Å²) in [6.45, 7) is 2.58. The lowest BCUT2D eigenvalue weighted by atomic mass is 9.79. The molecule has 0 bridgehead atoms. The number of carbonyl (C=O) groups is 4. The summed E-state index contributed by atoms with van der Waals surface area (Å²) in [7, 11) is 3.17. The standard InChI is InChI=1S/C51H54N2O12/c1-32(54)63-47-43(29-46(52)56)49(60-28-12-27-53-50(57)61-30-44-41-17-10-8-15-39(41)40-16-9-11-18-42(40)44)65-45(48(47)64-33(2)55)31-62-51(34-13-6-5-7-14-34,35-19-23-37(58-3)24-20-35)36-21-25-38(59-4)26-22-36/h5-11,13-26,43-45,47-49H,12,27-31H2,1-4H3,(H2,52,56)(H,53,57)/t43-,45-,47-,48+,49-/m1/s1. The third-order valence-electron chi connectivity index (χ3n) is 11.7. The number of nitrogens with one attached hydrogen (secondary N) is 1. The van der Waals surface area contributed by atoms with Gasteiger partial charge in [-0.25, -0.2) is 4.79 Å². The molecule has 1 fully saturated rings. The normalized spacial score (nSPS) is 19.0. The van der Waals surface area contributed by atoms with E-state index in [2.05, 4.69) is 29.6 Å². The fourth-order valence-corrected chi connectivity index (χ4v) is 8.78. The van der Waals surface area contributed by atoms with E-state index in [1.807, 2.05) is 103 Å². The van der Waals surface area contributed by atoms with Crippen LogP contribution in [0.3, 0.4) is 0 Å². The molecule has 2 amide bonds. The first kappa shape index (κ1) is 46.3. The fraction of sp³-hybridized carbons (Fsp3) is 0.333. The maximum Gasteiger partial charge on any atom is 0.407 e. The van der Waals surface area contributed by atoms with Crippen LogP contribution in [0.15, 0.2) is 127 Å². The Morgan fingerprint density at radius 3 is 1.72 bits per heavy atom. The number of primary amides is 1. The predicted molar refractivity (Wildman–Crippen MR) is 239 cm³/mol. The van der Waals surface area contributed by atoms with Crippen molar-refractivity contribution in [1.82, 2.24) is 5.32 Å². The SMILES string of the molecule is COc1ccc(C(OC[C@H]2O[C@@H](OCCCNC(=O)OCC3c4ccccc4-c4ccccc43)[C@H](CC(N)=O)[C@@H](OC(C)=O)[C@H]2OC(C)=O)(c2ccccc2)c2ccc(OC)cc2)cc1. The fourth-order valence-electron chi connectivity index (χ4n) is 8.78. The number of amides is 2. The average molecular weight is 887 g/mol. The Labute approximate surface area is 378 Å². The molecule has 7 rings (SSSR count). The first-order valence-corrected chi connectivity index (χ1v) is 21.5. The van der Waals surface area contributed by atoms with Gasteiger partial charge in [-0.3, -0.25) is 14.4 Å². The number of carbonyl (C=O) groups excluding carboxylic acids is 4. The second-order valence-corrected chi connectivity index (χ2v) is 15.8. The first-order chi connectivity index (χ1) is 31.5. The van der Waals surface area contributed by atoms with Gasteiger partial charge in [0.15, 0.2) is 12.4 Å². The third kappa shape index (κ3) is 10.6. The van der Waals surface area contributed by atoms with Crippen molar-refractivity contribution in [3.8, 4) is 22.6 Å². The van der Waals surface area contributed by atoms with Crippen molar-refractivity contribution in [3.05, 3.63) is 155 Å². The smallest absolute Gasteiger partial charge is 0.407 e. The minimum absolute atomic E-state index is 0.0355. The van der Waals surface area contributed by atoms with E-state index in [0.29, 0.717) is 17.9 Å². The van der Waals surface area contributed by atoms with Gasteiger partial charge in [0, 0.05) is 32.7 Å². The number of alkyl carbamates (subject to hydrolysis) is 1. The van der Waals surface area contributed by atoms with E-state index in [-0.39, 0.29) is 38.7 Å². The Hall–Kier alpha value is -6.74. The van der Waals surface area contributed by atoms with Gasteiger partial charge in [0.25, 0.3) is 0 Å². The summed E-state index contributed by atoms with van der Waals surface area (Å²) in [6.07, 6.45) is -5.41. The van der Waals surface area contributed by atoms with Gasteiger partial charge < -0.3 is 48.9 Å². The molecule has 0 radical (unpaired) electrons. The number of methoxy groups -OCH3 is 2. The van der Waals surface area contributed by atoms with Crippen LogP contribution < -0.4 is 20.5 Å². The van der Waals surface area contributed by atoms with E-state index in [0.717, 1.165) is 38.9 Å². The van der Waals surface area contributed by atoms with Gasteiger partial charge in [-0.05, 0) is 69.6 Å². The average Bonchev–Trinajstić information content (AvgIpc) is 3.63. The maximum atomic E-state index is 12.9. The number of benzene rings is 5. The van der Waals surface area contributed by atoms with Crippen LogP contribution in [-0.4, -0.2) is 89.1 Å². The molecule has 1 heterocycles. The molecule has 65 heavy (non-hydrogen) atoms. The van der Waals surface area contributed by atoms with Crippen molar-refractivity contribution >= 4 is 23.9 Å². The quantitative estimate of drug-likeness (QED) is 0.0375. The van der Waals surface area contributed by atoms with Crippen molar-refractivity contribution in [2.75, 3.05) is 40.6 Å². The molecule has 5 atom stereocenters. The Morgan fingerprint density at radius 1 is 0.662 bits per heavy atom. The highest BCUT2D eigenvalue weighted by Gasteiger charge is 2.52. The Balaban J connectivity index is 1.11. The van der Waals surface area contributed by atoms with Gasteiger partial charge in [0.05, 0.1) is 33.4 Å². The molecule has 2 aliphatic rings. The lowest BCUT2D eigenvalue weighted by molar-refractivity contribution is -0.295. The van der Waals surface area contributed by atoms with Crippen LogP contribution >= 0.6 is 0 Å². The monoisotopic (exact) mass is 886 g/mol. The Morgan fingerprint density at radius 2 is 1.18 bits per heavy atom. The summed E-state index contributed by atoms with van der Waals surface area (Å²) in [5.74, 6) is -1.91. The summed E-state index contributed by atoms with van der Waals surface area (Å²) in [6, 6.07) is 40.7. The van der Waals surface area contributed by atoms with Gasteiger partial charge in [0.2, 0.25) is 5.91 Å². The minimum atomic E-state index is -1.30. The first-order valence-electron chi connectivity index (χ1n) is 21.5. The molecule has 0 unspecified atom stereocenters. The lowest BCUT2D eigenvalue weighted by Gasteiger charge is -2.46. The van der Waals surface area contributed by atoms with Crippen LogP contribution in [0, 0.1) is 5.92 Å². The predicted octanol–water partition coefficient (Wildman–Crippen LogP) is 7.04. The molecule has 5 aromatic carbocycles. The topological polar surface area (TPSA) is 180 Å². The van der Waals surface area contributed by atoms with E-state index in [1.54, 1.807) is 14.2 Å². The number of nitrogens with two attached hydrogens (primary N) is 1. The second kappa shape index (κ2) is 21.3. The van der Waals surface area contributed by atoms with Crippen LogP contribution in [0.1, 0.15) is 60.4 Å². The van der Waals surface area contributed by atoms with E-state index in [4.69, 9.17) is 43.6 Å². The van der Waals surface area contributed by atoms with E-state index in [1.165, 1.54) is 13.8 Å². The van der Waals surface area contributed by atoms with Crippen LogP contribution in [0.2, 0.25) is 0 Å². The van der Waals surface area contributed by atoms with Crippen LogP contribution in [0.5, 0.6) is 11.5 Å². The van der Waals surface area contributed by atoms with Crippen molar-refractivity contribution in [2.24, 2.45) is 11.7 Å². The van der Waals surface area contributed by atoms with E-state index in [9.17, 15) is 19.2 Å². The highest BCUT2D eigenvalue weighted by atomic mass is 16.7. The molecule has 0 spiro atoms. The highest BCUT2D eigenvalue weighted by Crippen LogP contribution is 2.45. The van der Waals surface area contributed by atoms with Gasteiger partial charge in [-0.1, -0.05) is 103 Å². The molecule has 1 saturated heterocycles. The molecule has 5 aromatic rings. The van der Waals surface area contributed by atoms with Gasteiger partial charge >= 0.3 is 18.0 Å². The van der Waals surface area contributed by atoms with Crippen molar-refractivity contribution < 1.29 is 57.1 Å². The number of ether oxygens (including phenoxy) is 8. The number of hydrogen-bond acceptors (Lipinski definition) is 12. The molecule has 0 saturated carbocycles. The zero-order valence-corrected chi connectivity index (χ0v) is 36.8. The van der Waals surface area contributed by atoms with Crippen LogP contribution in [0.4, 0.5) is 4.79 Å². The molecular formula is C51H54N2O12. The summed E-state index contributed by atoms with van der Waals surface area (Å²) >= 11 is 0. The molecule has 0 aromatic heterocycles. The summed E-state index contributed by atoms with van der Waals surface area (Å²) < 4.78 is 48.4. The minimum Gasteiger partial charge on any atom is -0.497 e. The zero-order chi connectivity index (χ0) is 45.9. The second-order valence-electron chi connectivity index (χ2n) is 15.8. The van der Waals surface area contributed by atoms with E-state index >= 15 is 0 Å². The summed E-state index contributed by atoms with van der Waals surface area (Å²) in [5.41, 5.74) is 11.1. The van der Waals surface area contributed by atoms with E-state index < -0.39 is 60.1 Å². The molecule has 14 heteroatoms. The van der Waals surface area contributed by atoms with Crippen molar-refractivity contribution in [3.63, 3.8) is 0 Å². The number of esters is 2. The molecular weight excluding hydrogens is 833 g/mol. The number of fused-ring (bicyclic) bond motifs is 3. The summed E-state index contributed by atoms with van der Waals surface area (Å²) in [4.78, 5) is 51.0. The third-order valence-corrected chi connectivity index (χ3v) is 11.7. The van der Waals surface area contributed by atoms with Gasteiger partial charge in [-0.15, -0.1) is 0 Å². The molecule has 14 nitrogen and oxygen atoms in total. The number of hydrogen-bond donors (Lipinski definition) is 2. The molecule has 340 valence electrons. The van der Waals surface area contributed by atoms with Gasteiger partial charge in [-0.2, -0.15) is 0 Å². The summed E-state index contributed by atoms with van der Waals surface area (Å²) in [5, 5.41) is 2.79. The molecule has 3 N–H and O–H groups in total. The maximum absolute atomic E-state index is 12.9.